The quantitative estimate of drug-likeness (QED) is 0.667. The Labute approximate surface area is 125 Å². The van der Waals surface area contributed by atoms with E-state index < -0.39 is 0 Å². The van der Waals surface area contributed by atoms with Crippen molar-refractivity contribution in [2.45, 2.75) is 32.9 Å². The lowest BCUT2D eigenvalue weighted by atomic mass is 10.1. The maximum atomic E-state index is 11.2. The maximum Gasteiger partial charge on any atom is 0.292 e. The normalized spacial score (nSPS) is 20.0. The molecule has 1 atom stereocenters. The van der Waals surface area contributed by atoms with Crippen LogP contribution in [0.5, 0.6) is 0 Å². The smallest absolute Gasteiger partial charge is 0.292 e. The van der Waals surface area contributed by atoms with Crippen molar-refractivity contribution in [2.75, 3.05) is 31.6 Å². The zero-order valence-corrected chi connectivity index (χ0v) is 12.7. The number of para-hydroxylation sites is 1. The first-order chi connectivity index (χ1) is 10.1. The van der Waals surface area contributed by atoms with Crippen LogP contribution >= 0.6 is 0 Å². The summed E-state index contributed by atoms with van der Waals surface area (Å²) in [6.07, 6.45) is 1.20. The zero-order valence-electron chi connectivity index (χ0n) is 12.7. The van der Waals surface area contributed by atoms with Gasteiger partial charge in [-0.25, -0.2) is 0 Å². The Balaban J connectivity index is 2.21. The number of hydrogen-bond donors (Lipinski definition) is 1. The highest BCUT2D eigenvalue weighted by Gasteiger charge is 2.20. The first-order valence-corrected chi connectivity index (χ1v) is 7.46. The highest BCUT2D eigenvalue weighted by Crippen LogP contribution is 2.29. The van der Waals surface area contributed by atoms with E-state index in [-0.39, 0.29) is 16.7 Å². The molecular weight excluding hydrogens is 270 g/mol. The van der Waals surface area contributed by atoms with Gasteiger partial charge in [0.25, 0.3) is 5.69 Å². The van der Waals surface area contributed by atoms with Gasteiger partial charge in [-0.15, -0.1) is 0 Å². The van der Waals surface area contributed by atoms with Crippen molar-refractivity contribution in [1.82, 2.24) is 4.90 Å². The van der Waals surface area contributed by atoms with Gasteiger partial charge in [0.2, 0.25) is 0 Å². The van der Waals surface area contributed by atoms with Gasteiger partial charge in [0.15, 0.2) is 0 Å². The number of nitro benzene ring substituents is 1. The summed E-state index contributed by atoms with van der Waals surface area (Å²) in [6.45, 7) is 7.98. The molecule has 0 aromatic heterocycles. The predicted molar refractivity (Wildman–Crippen MR) is 82.6 cm³/mol. The molecule has 1 fully saturated rings. The van der Waals surface area contributed by atoms with Crippen molar-refractivity contribution in [3.8, 4) is 0 Å². The molecule has 1 heterocycles. The Hall–Kier alpha value is -1.66. The lowest BCUT2D eigenvalue weighted by molar-refractivity contribution is -0.384. The molecule has 0 radical (unpaired) electrons. The van der Waals surface area contributed by atoms with Crippen LogP contribution in [0.3, 0.4) is 0 Å². The van der Waals surface area contributed by atoms with Gasteiger partial charge in [-0.2, -0.15) is 0 Å². The summed E-state index contributed by atoms with van der Waals surface area (Å²) < 4.78 is 5.64. The Kier molecular flexibility index (Phi) is 5.52. The number of nitrogens with zero attached hydrogens (tertiary/aromatic N) is 2. The van der Waals surface area contributed by atoms with Crippen LogP contribution in [0.25, 0.3) is 0 Å². The van der Waals surface area contributed by atoms with Crippen LogP contribution in [0, 0.1) is 10.1 Å². The van der Waals surface area contributed by atoms with E-state index in [9.17, 15) is 10.1 Å². The highest BCUT2D eigenvalue weighted by atomic mass is 16.6. The summed E-state index contributed by atoms with van der Waals surface area (Å²) >= 11 is 0. The summed E-state index contributed by atoms with van der Waals surface area (Å²) in [7, 11) is 0. The van der Waals surface area contributed by atoms with Crippen molar-refractivity contribution < 1.29 is 9.66 Å². The van der Waals surface area contributed by atoms with E-state index in [2.05, 4.69) is 17.1 Å². The second kappa shape index (κ2) is 7.38. The van der Waals surface area contributed by atoms with E-state index in [1.807, 2.05) is 13.0 Å². The highest BCUT2D eigenvalue weighted by molar-refractivity contribution is 5.66. The van der Waals surface area contributed by atoms with Gasteiger partial charge in [0.05, 0.1) is 11.0 Å². The lowest BCUT2D eigenvalue weighted by Crippen LogP contribution is -2.30. The lowest BCUT2D eigenvalue weighted by Gasteiger charge is -2.23. The number of ether oxygens (including phenoxy) is 1. The zero-order chi connectivity index (χ0) is 15.2. The predicted octanol–water partition coefficient (Wildman–Crippen LogP) is 2.64. The SMILES string of the molecule is CCNc1c(CN2CCCOC(C)C2)cccc1[N+](=O)[O-]. The summed E-state index contributed by atoms with van der Waals surface area (Å²) in [5.74, 6) is 0. The van der Waals surface area contributed by atoms with E-state index in [0.717, 1.165) is 31.7 Å². The van der Waals surface area contributed by atoms with Gasteiger partial charge in [-0.05, 0) is 25.8 Å². The van der Waals surface area contributed by atoms with Crippen molar-refractivity contribution in [2.24, 2.45) is 0 Å². The summed E-state index contributed by atoms with van der Waals surface area (Å²) in [5.41, 5.74) is 1.76. The van der Waals surface area contributed by atoms with Gasteiger partial charge in [-0.1, -0.05) is 12.1 Å². The minimum atomic E-state index is -0.324. The number of rotatable bonds is 5. The number of anilines is 1. The number of hydrogen-bond acceptors (Lipinski definition) is 5. The molecule has 1 aromatic carbocycles. The number of nitro groups is 1. The van der Waals surface area contributed by atoms with E-state index in [1.54, 1.807) is 12.1 Å². The van der Waals surface area contributed by atoms with Crippen LogP contribution in [0.1, 0.15) is 25.8 Å². The van der Waals surface area contributed by atoms with Crippen LogP contribution < -0.4 is 5.32 Å². The molecule has 116 valence electrons. The van der Waals surface area contributed by atoms with Crippen LogP contribution in [-0.4, -0.2) is 42.2 Å². The van der Waals surface area contributed by atoms with Crippen molar-refractivity contribution in [3.05, 3.63) is 33.9 Å². The van der Waals surface area contributed by atoms with Gasteiger partial charge < -0.3 is 10.1 Å². The molecule has 0 bridgehead atoms. The number of benzene rings is 1. The average molecular weight is 293 g/mol. The summed E-state index contributed by atoms with van der Waals surface area (Å²) in [5, 5.41) is 14.3. The standard InChI is InChI=1S/C15H23N3O3/c1-3-16-15-13(6-4-7-14(15)18(19)20)11-17-8-5-9-21-12(2)10-17/h4,6-7,12,16H,3,5,8-11H2,1-2H3. The van der Waals surface area contributed by atoms with Crippen LogP contribution in [-0.2, 0) is 11.3 Å². The topological polar surface area (TPSA) is 67.6 Å². The Morgan fingerprint density at radius 2 is 2.33 bits per heavy atom. The largest absolute Gasteiger partial charge is 0.380 e. The first-order valence-electron chi connectivity index (χ1n) is 7.46. The fourth-order valence-corrected chi connectivity index (χ4v) is 2.72. The minimum absolute atomic E-state index is 0.147. The minimum Gasteiger partial charge on any atom is -0.380 e. The van der Waals surface area contributed by atoms with Crippen LogP contribution in [0.15, 0.2) is 18.2 Å². The monoisotopic (exact) mass is 293 g/mol. The summed E-state index contributed by atoms with van der Waals surface area (Å²) in [6, 6.07) is 5.27. The van der Waals surface area contributed by atoms with Gasteiger partial charge in [-0.3, -0.25) is 15.0 Å². The average Bonchev–Trinajstić information content (AvgIpc) is 2.65. The molecule has 1 unspecified atom stereocenters. The molecule has 1 aromatic rings. The van der Waals surface area contributed by atoms with Crippen molar-refractivity contribution in [1.29, 1.82) is 0 Å². The summed E-state index contributed by atoms with van der Waals surface area (Å²) in [4.78, 5) is 13.2. The Morgan fingerprint density at radius 3 is 3.05 bits per heavy atom. The molecule has 0 spiro atoms. The molecule has 6 heteroatoms. The second-order valence-corrected chi connectivity index (χ2v) is 5.37. The number of nitrogens with one attached hydrogen (secondary N) is 1. The van der Waals surface area contributed by atoms with Crippen molar-refractivity contribution >= 4 is 11.4 Å². The van der Waals surface area contributed by atoms with Crippen molar-refractivity contribution in [3.63, 3.8) is 0 Å². The van der Waals surface area contributed by atoms with Crippen LogP contribution in [0.4, 0.5) is 11.4 Å². The molecule has 1 saturated heterocycles. The van der Waals surface area contributed by atoms with Crippen LogP contribution in [0.2, 0.25) is 0 Å². The molecule has 2 rings (SSSR count). The molecule has 0 saturated carbocycles. The molecule has 1 N–H and O–H groups in total. The first kappa shape index (κ1) is 15.7. The third-order valence-corrected chi connectivity index (χ3v) is 3.61. The van der Waals surface area contributed by atoms with E-state index in [1.165, 1.54) is 0 Å². The molecule has 0 aliphatic carbocycles. The molecule has 6 nitrogen and oxygen atoms in total. The third-order valence-electron chi connectivity index (χ3n) is 3.61. The maximum absolute atomic E-state index is 11.2. The Morgan fingerprint density at radius 1 is 1.52 bits per heavy atom. The second-order valence-electron chi connectivity index (χ2n) is 5.37. The molecule has 1 aliphatic heterocycles. The van der Waals surface area contributed by atoms with Gasteiger partial charge >= 0.3 is 0 Å². The fourth-order valence-electron chi connectivity index (χ4n) is 2.72. The molecule has 21 heavy (non-hydrogen) atoms. The van der Waals surface area contributed by atoms with E-state index >= 15 is 0 Å². The van der Waals surface area contributed by atoms with Gasteiger partial charge in [0, 0.05) is 38.9 Å². The Bertz CT molecular complexity index is 493. The molecular formula is C15H23N3O3. The third kappa shape index (κ3) is 4.15. The molecule has 0 amide bonds. The fraction of sp³-hybridized carbons (Fsp3) is 0.600. The van der Waals surface area contributed by atoms with Gasteiger partial charge in [0.1, 0.15) is 5.69 Å². The van der Waals surface area contributed by atoms with E-state index in [0.29, 0.717) is 18.8 Å². The molecule has 1 aliphatic rings. The van der Waals surface area contributed by atoms with E-state index in [4.69, 9.17) is 4.74 Å².